The number of hydrogen-bond acceptors (Lipinski definition) is 8. The van der Waals surface area contributed by atoms with Crippen molar-refractivity contribution in [1.82, 2.24) is 9.97 Å². The summed E-state index contributed by atoms with van der Waals surface area (Å²) in [5.74, 6) is -0.0652. The molecule has 0 bridgehead atoms. The van der Waals surface area contributed by atoms with Crippen LogP contribution in [0.5, 0.6) is 0 Å². The smallest absolute Gasteiger partial charge is 0.321 e. The first kappa shape index (κ1) is 25.4. The van der Waals surface area contributed by atoms with Crippen LogP contribution in [0.3, 0.4) is 0 Å². The first-order valence-electron chi connectivity index (χ1n) is 11.0. The maximum absolute atomic E-state index is 12.8. The quantitative estimate of drug-likeness (QED) is 0.299. The molecule has 0 aliphatic carbocycles. The predicted octanol–water partition coefficient (Wildman–Crippen LogP) is 3.20. The second kappa shape index (κ2) is 12.3. The normalized spacial score (nSPS) is 11.5. The average molecular weight is 471 g/mol. The molecule has 9 nitrogen and oxygen atoms in total. The average Bonchev–Trinajstić information content (AvgIpc) is 3.30. The Labute approximate surface area is 198 Å². The molecule has 0 unspecified atom stereocenters. The van der Waals surface area contributed by atoms with E-state index in [9.17, 15) is 9.59 Å². The van der Waals surface area contributed by atoms with Crippen LogP contribution in [0.1, 0.15) is 19.7 Å². The molecule has 182 valence electrons. The van der Waals surface area contributed by atoms with E-state index >= 15 is 0 Å². The standard InChI is InChI=1S/C25H30N2O7/c1-25(2,24(29)33-17-16-32-15-14-31-13-12-30-3)23-27-20(18-8-5-4-6-9-18)21(34-23)19-10-7-11-26-22(19)28/h4-11H,12-17H2,1-3H3,(H,26,28). The molecule has 9 heteroatoms. The van der Waals surface area contributed by atoms with Crippen molar-refractivity contribution in [1.29, 1.82) is 0 Å². The summed E-state index contributed by atoms with van der Waals surface area (Å²) in [7, 11) is 1.61. The van der Waals surface area contributed by atoms with Gasteiger partial charge in [-0.15, -0.1) is 0 Å². The van der Waals surface area contributed by atoms with E-state index in [4.69, 9.17) is 23.4 Å². The third-order valence-electron chi connectivity index (χ3n) is 5.05. The highest BCUT2D eigenvalue weighted by Crippen LogP contribution is 2.35. The number of nitrogens with one attached hydrogen (secondary N) is 1. The van der Waals surface area contributed by atoms with Crippen molar-refractivity contribution in [3.05, 3.63) is 64.9 Å². The molecule has 3 rings (SSSR count). The number of carbonyl (C=O) groups is 1. The molecule has 0 fully saturated rings. The summed E-state index contributed by atoms with van der Waals surface area (Å²) in [4.78, 5) is 32.5. The van der Waals surface area contributed by atoms with Crippen molar-refractivity contribution in [3.8, 4) is 22.6 Å². The fraction of sp³-hybridized carbons (Fsp3) is 0.400. The SMILES string of the molecule is COCCOCCOCCOC(=O)C(C)(C)c1nc(-c2ccccc2)c(-c2ccc[nH]c2=O)o1. The first-order valence-corrected chi connectivity index (χ1v) is 11.0. The number of esters is 1. The summed E-state index contributed by atoms with van der Waals surface area (Å²) in [5.41, 5.74) is 0.0644. The lowest BCUT2D eigenvalue weighted by Gasteiger charge is -2.18. The minimum atomic E-state index is -1.19. The molecule has 1 N–H and O–H groups in total. The van der Waals surface area contributed by atoms with Crippen molar-refractivity contribution < 1.29 is 28.2 Å². The van der Waals surface area contributed by atoms with Gasteiger partial charge in [-0.3, -0.25) is 9.59 Å². The fourth-order valence-electron chi connectivity index (χ4n) is 3.09. The van der Waals surface area contributed by atoms with Gasteiger partial charge in [-0.05, 0) is 26.0 Å². The highest BCUT2D eigenvalue weighted by molar-refractivity contribution is 5.82. The molecule has 0 aliphatic rings. The number of aromatic amines is 1. The molecule has 0 saturated heterocycles. The maximum Gasteiger partial charge on any atom is 0.321 e. The summed E-state index contributed by atoms with van der Waals surface area (Å²) in [6.45, 7) is 5.50. The van der Waals surface area contributed by atoms with E-state index in [1.165, 1.54) is 0 Å². The van der Waals surface area contributed by atoms with Gasteiger partial charge < -0.3 is 28.3 Å². The zero-order chi connectivity index (χ0) is 24.4. The monoisotopic (exact) mass is 470 g/mol. The van der Waals surface area contributed by atoms with Crippen LogP contribution in [-0.4, -0.2) is 62.7 Å². The van der Waals surface area contributed by atoms with Crippen molar-refractivity contribution in [2.24, 2.45) is 0 Å². The highest BCUT2D eigenvalue weighted by Gasteiger charge is 2.38. The Balaban J connectivity index is 1.70. The predicted molar refractivity (Wildman–Crippen MR) is 125 cm³/mol. The molecule has 0 spiro atoms. The van der Waals surface area contributed by atoms with Crippen LogP contribution in [0, 0.1) is 0 Å². The van der Waals surface area contributed by atoms with Gasteiger partial charge in [0.2, 0.25) is 5.89 Å². The van der Waals surface area contributed by atoms with E-state index in [0.717, 1.165) is 5.56 Å². The molecule has 0 aliphatic heterocycles. The number of nitrogens with zero attached hydrogens (tertiary/aromatic N) is 1. The number of benzene rings is 1. The van der Waals surface area contributed by atoms with Crippen LogP contribution < -0.4 is 5.56 Å². The van der Waals surface area contributed by atoms with Crippen LogP contribution in [-0.2, 0) is 29.2 Å². The van der Waals surface area contributed by atoms with Crippen molar-refractivity contribution in [3.63, 3.8) is 0 Å². The van der Waals surface area contributed by atoms with Crippen molar-refractivity contribution >= 4 is 5.97 Å². The van der Waals surface area contributed by atoms with E-state index in [1.807, 2.05) is 30.3 Å². The zero-order valence-electron chi connectivity index (χ0n) is 19.7. The number of H-pyrrole nitrogens is 1. The Bertz CT molecular complexity index is 1110. The fourth-order valence-corrected chi connectivity index (χ4v) is 3.09. The van der Waals surface area contributed by atoms with Crippen LogP contribution in [0.25, 0.3) is 22.6 Å². The van der Waals surface area contributed by atoms with Gasteiger partial charge >= 0.3 is 5.97 Å². The molecule has 2 aromatic heterocycles. The number of ether oxygens (including phenoxy) is 4. The van der Waals surface area contributed by atoms with E-state index < -0.39 is 11.4 Å². The van der Waals surface area contributed by atoms with E-state index in [1.54, 1.807) is 39.3 Å². The minimum absolute atomic E-state index is 0.0811. The molecule has 1 aromatic carbocycles. The first-order chi connectivity index (χ1) is 16.4. The van der Waals surface area contributed by atoms with Gasteiger partial charge in [0.05, 0.1) is 38.6 Å². The molecule has 0 atom stereocenters. The minimum Gasteiger partial charge on any atom is -0.462 e. The Morgan fingerprint density at radius 2 is 1.65 bits per heavy atom. The van der Waals surface area contributed by atoms with E-state index in [0.29, 0.717) is 43.4 Å². The van der Waals surface area contributed by atoms with Crippen LogP contribution in [0.2, 0.25) is 0 Å². The Morgan fingerprint density at radius 3 is 2.32 bits per heavy atom. The van der Waals surface area contributed by atoms with Gasteiger partial charge in [-0.2, -0.15) is 0 Å². The topological polar surface area (TPSA) is 113 Å². The molecule has 0 saturated carbocycles. The Morgan fingerprint density at radius 1 is 0.971 bits per heavy atom. The number of pyridine rings is 1. The summed E-state index contributed by atoms with van der Waals surface area (Å²) >= 11 is 0. The largest absolute Gasteiger partial charge is 0.462 e. The summed E-state index contributed by atoms with van der Waals surface area (Å²) in [6.07, 6.45) is 1.54. The van der Waals surface area contributed by atoms with Gasteiger partial charge in [0.1, 0.15) is 17.7 Å². The van der Waals surface area contributed by atoms with Gasteiger partial charge in [0.15, 0.2) is 5.76 Å². The van der Waals surface area contributed by atoms with Gasteiger partial charge in [0, 0.05) is 18.9 Å². The molecule has 3 aromatic rings. The van der Waals surface area contributed by atoms with Crippen LogP contribution in [0.4, 0.5) is 0 Å². The molecule has 2 heterocycles. The third-order valence-corrected chi connectivity index (χ3v) is 5.05. The number of aromatic nitrogens is 2. The van der Waals surface area contributed by atoms with Crippen molar-refractivity contribution in [2.45, 2.75) is 19.3 Å². The van der Waals surface area contributed by atoms with Crippen molar-refractivity contribution in [2.75, 3.05) is 46.8 Å². The summed E-state index contributed by atoms with van der Waals surface area (Å²) < 4.78 is 27.0. The Kier molecular flexibility index (Phi) is 9.15. The number of carbonyl (C=O) groups excluding carboxylic acids is 1. The van der Waals surface area contributed by atoms with Gasteiger partial charge in [-0.1, -0.05) is 30.3 Å². The summed E-state index contributed by atoms with van der Waals surface area (Å²) in [6, 6.07) is 12.7. The Hall–Kier alpha value is -3.27. The molecular weight excluding hydrogens is 440 g/mol. The lowest BCUT2D eigenvalue weighted by atomic mass is 9.94. The van der Waals surface area contributed by atoms with Crippen LogP contribution >= 0.6 is 0 Å². The number of oxazole rings is 1. The second-order valence-electron chi connectivity index (χ2n) is 7.95. The molecule has 0 amide bonds. The molecular formula is C25H30N2O7. The zero-order valence-corrected chi connectivity index (χ0v) is 19.7. The second-order valence-corrected chi connectivity index (χ2v) is 7.95. The van der Waals surface area contributed by atoms with E-state index in [-0.39, 0.29) is 24.7 Å². The molecule has 0 radical (unpaired) electrons. The van der Waals surface area contributed by atoms with Crippen LogP contribution in [0.15, 0.2) is 57.9 Å². The lowest BCUT2D eigenvalue weighted by molar-refractivity contribution is -0.151. The highest BCUT2D eigenvalue weighted by atomic mass is 16.6. The van der Waals surface area contributed by atoms with E-state index in [2.05, 4.69) is 9.97 Å². The summed E-state index contributed by atoms with van der Waals surface area (Å²) in [5, 5.41) is 0. The van der Waals surface area contributed by atoms with Gasteiger partial charge in [-0.25, -0.2) is 4.98 Å². The number of methoxy groups -OCH3 is 1. The number of hydrogen-bond donors (Lipinski definition) is 1. The maximum atomic E-state index is 12.8. The molecule has 34 heavy (non-hydrogen) atoms. The number of rotatable bonds is 13. The van der Waals surface area contributed by atoms with Gasteiger partial charge in [0.25, 0.3) is 5.56 Å². The lowest BCUT2D eigenvalue weighted by Crippen LogP contribution is -2.32. The third kappa shape index (κ3) is 6.40.